The summed E-state index contributed by atoms with van der Waals surface area (Å²) in [5.41, 5.74) is 7.90. The van der Waals surface area contributed by atoms with Gasteiger partial charge >= 0.3 is 6.09 Å². The van der Waals surface area contributed by atoms with Gasteiger partial charge in [-0.3, -0.25) is 0 Å². The van der Waals surface area contributed by atoms with Gasteiger partial charge in [0, 0.05) is 31.7 Å². The molecule has 1 aliphatic heterocycles. The van der Waals surface area contributed by atoms with Gasteiger partial charge in [0.05, 0.1) is 11.6 Å². The fourth-order valence-corrected chi connectivity index (χ4v) is 3.92. The van der Waals surface area contributed by atoms with Crippen molar-refractivity contribution >= 4 is 6.09 Å². The molecule has 0 spiro atoms. The molecule has 0 aromatic heterocycles. The number of carbonyl (C=O) groups is 1. The molecule has 2 aromatic carbocycles. The summed E-state index contributed by atoms with van der Waals surface area (Å²) in [5, 5.41) is 23.2. The molecule has 1 saturated heterocycles. The molecule has 1 heterocycles. The summed E-state index contributed by atoms with van der Waals surface area (Å²) < 4.78 is 26.8. The zero-order valence-electron chi connectivity index (χ0n) is 17.7. The van der Waals surface area contributed by atoms with Gasteiger partial charge in [-0.2, -0.15) is 0 Å². The van der Waals surface area contributed by atoms with Crippen LogP contribution in [0.1, 0.15) is 36.5 Å². The number of hydrogen-bond acceptors (Lipinski definition) is 4. The van der Waals surface area contributed by atoms with E-state index in [1.807, 2.05) is 18.2 Å². The molecule has 0 aliphatic carbocycles. The summed E-state index contributed by atoms with van der Waals surface area (Å²) in [4.78, 5) is 12.7. The van der Waals surface area contributed by atoms with E-state index in [2.05, 4.69) is 25.2 Å². The van der Waals surface area contributed by atoms with E-state index in [-0.39, 0.29) is 26.1 Å². The second kappa shape index (κ2) is 9.30. The molecular formula is C23H29F2N3O3. The van der Waals surface area contributed by atoms with Crippen molar-refractivity contribution in [2.75, 3.05) is 19.6 Å². The average Bonchev–Trinajstić information content (AvgIpc) is 2.66. The highest BCUT2D eigenvalue weighted by Gasteiger charge is 2.46. The lowest BCUT2D eigenvalue weighted by atomic mass is 9.80. The Labute approximate surface area is 180 Å². The zero-order chi connectivity index (χ0) is 22.8. The number of halogens is 2. The SMILES string of the molecule is CC(C)c1cccc(C2(NC[C@@H](O)[C@@H](N)Cc3cc(F)cc(F)c3)CN(C(=O)O)C2)c1. The summed E-state index contributed by atoms with van der Waals surface area (Å²) in [5.74, 6) is -1.07. The standard InChI is InChI=1S/C23H29F2N3O3/c1-14(2)16-4-3-5-17(9-16)23(12-28(13-23)22(30)31)27-11-21(29)20(26)8-15-6-18(24)10-19(25)7-15/h3-7,9-10,14,20-21,27,29H,8,11-13,26H2,1-2H3,(H,30,31)/t20-,21+/m0/s1. The third-order valence-corrected chi connectivity index (χ3v) is 5.84. The molecule has 0 saturated carbocycles. The molecule has 1 aliphatic rings. The molecule has 5 N–H and O–H groups in total. The van der Waals surface area contributed by atoms with Crippen LogP contribution in [0.4, 0.5) is 13.6 Å². The minimum Gasteiger partial charge on any atom is -0.465 e. The number of carboxylic acid groups (broad SMARTS) is 1. The van der Waals surface area contributed by atoms with Crippen LogP contribution >= 0.6 is 0 Å². The molecule has 0 bridgehead atoms. The van der Waals surface area contributed by atoms with Crippen LogP contribution in [-0.2, 0) is 12.0 Å². The number of nitrogens with two attached hydrogens (primary N) is 1. The summed E-state index contributed by atoms with van der Waals surface area (Å²) in [6.07, 6.45) is -1.88. The predicted molar refractivity (Wildman–Crippen MR) is 114 cm³/mol. The Morgan fingerprint density at radius 3 is 2.42 bits per heavy atom. The van der Waals surface area contributed by atoms with E-state index < -0.39 is 35.4 Å². The Morgan fingerprint density at radius 2 is 1.84 bits per heavy atom. The van der Waals surface area contributed by atoms with E-state index in [4.69, 9.17) is 5.73 Å². The smallest absolute Gasteiger partial charge is 0.407 e. The lowest BCUT2D eigenvalue weighted by Gasteiger charge is -2.50. The van der Waals surface area contributed by atoms with Crippen molar-refractivity contribution in [3.8, 4) is 0 Å². The van der Waals surface area contributed by atoms with Crippen LogP contribution in [0.5, 0.6) is 0 Å². The zero-order valence-corrected chi connectivity index (χ0v) is 17.7. The Bertz CT molecular complexity index is 912. The molecule has 1 fully saturated rings. The number of amides is 1. The van der Waals surface area contributed by atoms with Crippen molar-refractivity contribution in [3.63, 3.8) is 0 Å². The lowest BCUT2D eigenvalue weighted by Crippen LogP contribution is -2.69. The first-order chi connectivity index (χ1) is 14.6. The average molecular weight is 433 g/mol. The van der Waals surface area contributed by atoms with Crippen molar-refractivity contribution in [2.24, 2.45) is 5.73 Å². The second-order valence-corrected chi connectivity index (χ2v) is 8.59. The van der Waals surface area contributed by atoms with Crippen LogP contribution in [0.25, 0.3) is 0 Å². The number of benzene rings is 2. The van der Waals surface area contributed by atoms with Crippen LogP contribution < -0.4 is 11.1 Å². The summed E-state index contributed by atoms with van der Waals surface area (Å²) in [6, 6.07) is 10.4. The largest absolute Gasteiger partial charge is 0.465 e. The number of nitrogens with zero attached hydrogens (tertiary/aromatic N) is 1. The fraction of sp³-hybridized carbons (Fsp3) is 0.435. The van der Waals surface area contributed by atoms with Crippen molar-refractivity contribution < 1.29 is 23.8 Å². The molecule has 31 heavy (non-hydrogen) atoms. The number of nitrogens with one attached hydrogen (secondary N) is 1. The van der Waals surface area contributed by atoms with Crippen LogP contribution in [0.2, 0.25) is 0 Å². The van der Waals surface area contributed by atoms with Gasteiger partial charge in [0.15, 0.2) is 0 Å². The Balaban J connectivity index is 1.70. The number of aliphatic hydroxyl groups is 1. The highest BCUT2D eigenvalue weighted by molar-refractivity contribution is 5.67. The van der Waals surface area contributed by atoms with Crippen LogP contribution in [-0.4, -0.2) is 53.0 Å². The van der Waals surface area contributed by atoms with Gasteiger partial charge in [0.2, 0.25) is 0 Å². The molecule has 2 aromatic rings. The third-order valence-electron chi connectivity index (χ3n) is 5.84. The van der Waals surface area contributed by atoms with Crippen molar-refractivity contribution in [1.82, 2.24) is 10.2 Å². The van der Waals surface area contributed by atoms with E-state index in [9.17, 15) is 23.8 Å². The molecule has 2 atom stereocenters. The van der Waals surface area contributed by atoms with Gasteiger partial charge in [-0.25, -0.2) is 13.6 Å². The number of rotatable bonds is 8. The maximum Gasteiger partial charge on any atom is 0.407 e. The normalized spacial score (nSPS) is 17.3. The van der Waals surface area contributed by atoms with E-state index in [1.165, 1.54) is 17.0 Å². The molecule has 0 unspecified atom stereocenters. The quantitative estimate of drug-likeness (QED) is 0.513. The maximum atomic E-state index is 13.4. The molecule has 0 radical (unpaired) electrons. The van der Waals surface area contributed by atoms with Crippen molar-refractivity contribution in [2.45, 2.75) is 43.9 Å². The first kappa shape index (κ1) is 23.1. The van der Waals surface area contributed by atoms with Gasteiger partial charge < -0.3 is 26.2 Å². The first-order valence-corrected chi connectivity index (χ1v) is 10.3. The van der Waals surface area contributed by atoms with E-state index >= 15 is 0 Å². The monoisotopic (exact) mass is 433 g/mol. The van der Waals surface area contributed by atoms with Crippen molar-refractivity contribution in [3.05, 3.63) is 70.8 Å². The fourth-order valence-electron chi connectivity index (χ4n) is 3.92. The Hall–Kier alpha value is -2.55. The van der Waals surface area contributed by atoms with Crippen molar-refractivity contribution in [1.29, 1.82) is 0 Å². The molecule has 1 amide bonds. The molecule has 168 valence electrons. The minimum atomic E-state index is -0.997. The van der Waals surface area contributed by atoms with E-state index in [0.29, 0.717) is 11.5 Å². The molecule has 8 heteroatoms. The topological polar surface area (TPSA) is 98.8 Å². The first-order valence-electron chi connectivity index (χ1n) is 10.3. The molecule has 6 nitrogen and oxygen atoms in total. The summed E-state index contributed by atoms with van der Waals surface area (Å²) in [6.45, 7) is 4.78. The van der Waals surface area contributed by atoms with Crippen LogP contribution in [0, 0.1) is 11.6 Å². The van der Waals surface area contributed by atoms with E-state index in [1.54, 1.807) is 0 Å². The minimum absolute atomic E-state index is 0.106. The second-order valence-electron chi connectivity index (χ2n) is 8.59. The number of aliphatic hydroxyl groups excluding tert-OH is 1. The van der Waals surface area contributed by atoms with Gasteiger partial charge in [0.25, 0.3) is 0 Å². The maximum absolute atomic E-state index is 13.4. The molecular weight excluding hydrogens is 404 g/mol. The Morgan fingerprint density at radius 1 is 1.19 bits per heavy atom. The van der Waals surface area contributed by atoms with Gasteiger partial charge in [-0.1, -0.05) is 38.1 Å². The Kier molecular flexibility index (Phi) is 6.93. The van der Waals surface area contributed by atoms with E-state index in [0.717, 1.165) is 17.2 Å². The van der Waals surface area contributed by atoms with Crippen LogP contribution in [0.3, 0.4) is 0 Å². The number of likely N-dealkylation sites (tertiary alicyclic amines) is 1. The van der Waals surface area contributed by atoms with Gasteiger partial charge in [-0.15, -0.1) is 0 Å². The van der Waals surface area contributed by atoms with Gasteiger partial charge in [0.1, 0.15) is 11.6 Å². The highest BCUT2D eigenvalue weighted by Crippen LogP contribution is 2.33. The highest BCUT2D eigenvalue weighted by atomic mass is 19.1. The van der Waals surface area contributed by atoms with Gasteiger partial charge in [-0.05, 0) is 41.2 Å². The predicted octanol–water partition coefficient (Wildman–Crippen LogP) is 2.80. The summed E-state index contributed by atoms with van der Waals surface area (Å²) in [7, 11) is 0. The van der Waals surface area contributed by atoms with Crippen LogP contribution in [0.15, 0.2) is 42.5 Å². The number of hydrogen-bond donors (Lipinski definition) is 4. The molecule has 3 rings (SSSR count). The summed E-state index contributed by atoms with van der Waals surface area (Å²) >= 11 is 0. The third kappa shape index (κ3) is 5.39. The lowest BCUT2D eigenvalue weighted by molar-refractivity contribution is 0.0290.